The molecule has 1 amide bonds. The van der Waals surface area contributed by atoms with Crippen LogP contribution in [0.2, 0.25) is 0 Å². The van der Waals surface area contributed by atoms with Crippen molar-refractivity contribution in [1.82, 2.24) is 4.90 Å². The van der Waals surface area contributed by atoms with Crippen LogP contribution in [0.4, 0.5) is 0 Å². The van der Waals surface area contributed by atoms with E-state index in [0.29, 0.717) is 17.6 Å². The van der Waals surface area contributed by atoms with E-state index >= 15 is 0 Å². The van der Waals surface area contributed by atoms with Gasteiger partial charge in [0.1, 0.15) is 0 Å². The third kappa shape index (κ3) is 3.66. The van der Waals surface area contributed by atoms with Crippen LogP contribution >= 0.6 is 23.4 Å². The van der Waals surface area contributed by atoms with Crippen molar-refractivity contribution in [2.75, 3.05) is 24.7 Å². The number of hydrogen-bond donors (Lipinski definition) is 0. The normalized spacial score (nSPS) is 20.5. The number of benzene rings is 1. The van der Waals surface area contributed by atoms with Crippen LogP contribution < -0.4 is 0 Å². The Labute approximate surface area is 118 Å². The first-order chi connectivity index (χ1) is 8.81. The quantitative estimate of drug-likeness (QED) is 0.793. The Kier molecular flexibility index (Phi) is 5.39. The third-order valence-electron chi connectivity index (χ3n) is 3.17. The minimum atomic E-state index is 0.194. The molecule has 1 heterocycles. The standard InChI is InChI=1S/C14H18ClNOS/c15-8-6-14(17)16-9-7-13(18-11-10-16)12-4-2-1-3-5-12/h1-5,13H,6-11H2. The Balaban J connectivity index is 1.94. The van der Waals surface area contributed by atoms with Crippen molar-refractivity contribution >= 4 is 29.3 Å². The Morgan fingerprint density at radius 2 is 2.11 bits per heavy atom. The van der Waals surface area contributed by atoms with Gasteiger partial charge in [-0.1, -0.05) is 30.3 Å². The van der Waals surface area contributed by atoms with Crippen molar-refractivity contribution in [2.45, 2.75) is 18.1 Å². The van der Waals surface area contributed by atoms with Gasteiger partial charge in [0.15, 0.2) is 0 Å². The van der Waals surface area contributed by atoms with Crippen molar-refractivity contribution < 1.29 is 4.79 Å². The van der Waals surface area contributed by atoms with Crippen LogP contribution in [0.1, 0.15) is 23.7 Å². The number of carbonyl (C=O) groups is 1. The highest BCUT2D eigenvalue weighted by Gasteiger charge is 2.21. The Bertz CT molecular complexity index is 385. The van der Waals surface area contributed by atoms with Gasteiger partial charge in [-0.3, -0.25) is 4.79 Å². The lowest BCUT2D eigenvalue weighted by Gasteiger charge is -2.19. The fourth-order valence-electron chi connectivity index (χ4n) is 2.19. The molecular weight excluding hydrogens is 266 g/mol. The molecule has 2 nitrogen and oxygen atoms in total. The molecular formula is C14H18ClNOS. The number of carbonyl (C=O) groups excluding carboxylic acids is 1. The maximum atomic E-state index is 11.8. The largest absolute Gasteiger partial charge is 0.342 e. The number of hydrogen-bond acceptors (Lipinski definition) is 2. The van der Waals surface area contributed by atoms with Crippen LogP contribution in [-0.4, -0.2) is 35.5 Å². The summed E-state index contributed by atoms with van der Waals surface area (Å²) in [6, 6.07) is 10.6. The van der Waals surface area contributed by atoms with Crippen LogP contribution in [-0.2, 0) is 4.79 Å². The molecule has 1 unspecified atom stereocenters. The van der Waals surface area contributed by atoms with Gasteiger partial charge in [0.25, 0.3) is 0 Å². The topological polar surface area (TPSA) is 20.3 Å². The Morgan fingerprint density at radius 1 is 1.33 bits per heavy atom. The van der Waals surface area contributed by atoms with Gasteiger partial charge in [-0.2, -0.15) is 11.8 Å². The van der Waals surface area contributed by atoms with E-state index in [1.807, 2.05) is 22.7 Å². The highest BCUT2D eigenvalue weighted by molar-refractivity contribution is 7.99. The fourth-order valence-corrected chi connectivity index (χ4v) is 3.59. The Morgan fingerprint density at radius 3 is 2.83 bits per heavy atom. The van der Waals surface area contributed by atoms with E-state index in [1.54, 1.807) is 0 Å². The van der Waals surface area contributed by atoms with E-state index in [9.17, 15) is 4.79 Å². The summed E-state index contributed by atoms with van der Waals surface area (Å²) in [5.41, 5.74) is 1.37. The van der Waals surface area contributed by atoms with Crippen molar-refractivity contribution in [2.24, 2.45) is 0 Å². The second-order valence-electron chi connectivity index (χ2n) is 4.38. The van der Waals surface area contributed by atoms with Gasteiger partial charge in [0.2, 0.25) is 5.91 Å². The van der Waals surface area contributed by atoms with Gasteiger partial charge in [-0.15, -0.1) is 11.6 Å². The van der Waals surface area contributed by atoms with Gasteiger partial charge < -0.3 is 4.90 Å². The van der Waals surface area contributed by atoms with Crippen LogP contribution in [0.15, 0.2) is 30.3 Å². The van der Waals surface area contributed by atoms with Crippen LogP contribution in [0.5, 0.6) is 0 Å². The first-order valence-corrected chi connectivity index (χ1v) is 7.90. The molecule has 0 bridgehead atoms. The lowest BCUT2D eigenvalue weighted by Crippen LogP contribution is -2.33. The molecule has 1 aliphatic rings. The molecule has 4 heteroatoms. The number of amides is 1. The van der Waals surface area contributed by atoms with Crippen molar-refractivity contribution in [3.8, 4) is 0 Å². The summed E-state index contributed by atoms with van der Waals surface area (Å²) in [5, 5.41) is 0.514. The molecule has 0 radical (unpaired) electrons. The maximum Gasteiger partial charge on any atom is 0.223 e. The average Bonchev–Trinajstić information content (AvgIpc) is 2.66. The fraction of sp³-hybridized carbons (Fsp3) is 0.500. The molecule has 0 aliphatic carbocycles. The first-order valence-electron chi connectivity index (χ1n) is 6.31. The van der Waals surface area contributed by atoms with Crippen molar-refractivity contribution in [3.63, 3.8) is 0 Å². The molecule has 0 aromatic heterocycles. The van der Waals surface area contributed by atoms with E-state index < -0.39 is 0 Å². The monoisotopic (exact) mass is 283 g/mol. The van der Waals surface area contributed by atoms with E-state index in [4.69, 9.17) is 11.6 Å². The summed E-state index contributed by atoms with van der Waals surface area (Å²) in [4.78, 5) is 13.8. The minimum absolute atomic E-state index is 0.194. The second kappa shape index (κ2) is 7.05. The average molecular weight is 284 g/mol. The Hall–Kier alpha value is -0.670. The smallest absolute Gasteiger partial charge is 0.223 e. The van der Waals surface area contributed by atoms with Gasteiger partial charge in [-0.25, -0.2) is 0 Å². The molecule has 1 saturated heterocycles. The zero-order valence-electron chi connectivity index (χ0n) is 10.3. The lowest BCUT2D eigenvalue weighted by molar-refractivity contribution is -0.130. The third-order valence-corrected chi connectivity index (χ3v) is 4.69. The van der Waals surface area contributed by atoms with Crippen molar-refractivity contribution in [3.05, 3.63) is 35.9 Å². The number of nitrogens with zero attached hydrogens (tertiary/aromatic N) is 1. The minimum Gasteiger partial charge on any atom is -0.342 e. The van der Waals surface area contributed by atoms with Gasteiger partial charge >= 0.3 is 0 Å². The summed E-state index contributed by atoms with van der Waals surface area (Å²) in [6.07, 6.45) is 1.49. The molecule has 0 spiro atoms. The first kappa shape index (κ1) is 13.8. The predicted octanol–water partition coefficient (Wildman–Crippen LogP) is 3.32. The summed E-state index contributed by atoms with van der Waals surface area (Å²) < 4.78 is 0. The summed E-state index contributed by atoms with van der Waals surface area (Å²) >= 11 is 7.58. The van der Waals surface area contributed by atoms with E-state index in [2.05, 4.69) is 24.3 Å². The SMILES string of the molecule is O=C(CCCl)N1CCSC(c2ccccc2)CC1. The highest BCUT2D eigenvalue weighted by atomic mass is 35.5. The van der Waals surface area contributed by atoms with Gasteiger partial charge in [0.05, 0.1) is 0 Å². The molecule has 1 aromatic rings. The van der Waals surface area contributed by atoms with Gasteiger partial charge in [-0.05, 0) is 12.0 Å². The van der Waals surface area contributed by atoms with Crippen LogP contribution in [0.3, 0.4) is 0 Å². The van der Waals surface area contributed by atoms with Crippen molar-refractivity contribution in [1.29, 1.82) is 0 Å². The molecule has 98 valence electrons. The zero-order valence-corrected chi connectivity index (χ0v) is 11.9. The number of thioether (sulfide) groups is 1. The molecule has 1 aliphatic heterocycles. The molecule has 1 fully saturated rings. The summed E-state index contributed by atoms with van der Waals surface area (Å²) in [5.74, 6) is 1.62. The molecule has 1 atom stereocenters. The highest BCUT2D eigenvalue weighted by Crippen LogP contribution is 2.34. The van der Waals surface area contributed by atoms with Crippen LogP contribution in [0.25, 0.3) is 0 Å². The van der Waals surface area contributed by atoms with E-state index in [-0.39, 0.29) is 5.91 Å². The van der Waals surface area contributed by atoms with Gasteiger partial charge in [0, 0.05) is 36.4 Å². The molecule has 18 heavy (non-hydrogen) atoms. The van der Waals surface area contributed by atoms with E-state index in [0.717, 1.165) is 25.3 Å². The molecule has 0 saturated carbocycles. The number of rotatable bonds is 3. The maximum absolute atomic E-state index is 11.8. The number of halogens is 1. The zero-order chi connectivity index (χ0) is 12.8. The summed E-state index contributed by atoms with van der Waals surface area (Å²) in [6.45, 7) is 1.70. The van der Waals surface area contributed by atoms with E-state index in [1.165, 1.54) is 5.56 Å². The second-order valence-corrected chi connectivity index (χ2v) is 6.07. The molecule has 2 rings (SSSR count). The number of alkyl halides is 1. The van der Waals surface area contributed by atoms with Crippen LogP contribution in [0, 0.1) is 0 Å². The molecule has 0 N–H and O–H groups in total. The summed E-state index contributed by atoms with van der Waals surface area (Å²) in [7, 11) is 0. The predicted molar refractivity (Wildman–Crippen MR) is 78.2 cm³/mol. The molecule has 1 aromatic carbocycles. The lowest BCUT2D eigenvalue weighted by atomic mass is 10.1.